The fourth-order valence-electron chi connectivity index (χ4n) is 5.67. The van der Waals surface area contributed by atoms with Crippen molar-refractivity contribution < 1.29 is 0 Å². The van der Waals surface area contributed by atoms with E-state index in [0.29, 0.717) is 0 Å². The van der Waals surface area contributed by atoms with E-state index in [4.69, 9.17) is 0 Å². The third kappa shape index (κ3) is 1.47. The topological polar surface area (TPSA) is 12.0 Å². The summed E-state index contributed by atoms with van der Waals surface area (Å²) in [6, 6.07) is 0.740. The van der Waals surface area contributed by atoms with Gasteiger partial charge in [-0.2, -0.15) is 0 Å². The lowest BCUT2D eigenvalue weighted by Crippen LogP contribution is -2.55. The first-order chi connectivity index (χ1) is 7.67. The molecule has 4 aliphatic rings. The van der Waals surface area contributed by atoms with E-state index >= 15 is 0 Å². The molecule has 4 rings (SSSR count). The molecular formula is C15H27N. The molecule has 1 heteroatoms. The third-order valence-corrected chi connectivity index (χ3v) is 6.26. The highest BCUT2D eigenvalue weighted by atomic mass is 14.9. The van der Waals surface area contributed by atoms with Crippen LogP contribution in [0.25, 0.3) is 0 Å². The van der Waals surface area contributed by atoms with Gasteiger partial charge in [-0.15, -0.1) is 0 Å². The second kappa shape index (κ2) is 3.73. The van der Waals surface area contributed by atoms with E-state index in [9.17, 15) is 0 Å². The molecule has 0 aromatic rings. The van der Waals surface area contributed by atoms with Crippen molar-refractivity contribution in [1.29, 1.82) is 0 Å². The number of rotatable bonds is 3. The normalized spacial score (nSPS) is 51.9. The second-order valence-corrected chi connectivity index (χ2v) is 6.98. The highest BCUT2D eigenvalue weighted by Gasteiger charge is 2.55. The van der Waals surface area contributed by atoms with Crippen LogP contribution in [0.3, 0.4) is 0 Å². The molecule has 92 valence electrons. The molecule has 0 saturated heterocycles. The van der Waals surface area contributed by atoms with Gasteiger partial charge in [-0.3, -0.25) is 0 Å². The minimum Gasteiger partial charge on any atom is -0.317 e. The number of nitrogens with one attached hydrogen (secondary N) is 1. The van der Waals surface area contributed by atoms with Gasteiger partial charge < -0.3 is 5.32 Å². The van der Waals surface area contributed by atoms with E-state index in [0.717, 1.165) is 35.1 Å². The minimum atomic E-state index is 0.740. The minimum absolute atomic E-state index is 0.740. The van der Waals surface area contributed by atoms with Gasteiger partial charge in [0.15, 0.2) is 0 Å². The van der Waals surface area contributed by atoms with Gasteiger partial charge in [0.05, 0.1) is 0 Å². The van der Waals surface area contributed by atoms with Crippen molar-refractivity contribution in [3.8, 4) is 0 Å². The fraction of sp³-hybridized carbons (Fsp3) is 1.00. The predicted octanol–water partition coefficient (Wildman–Crippen LogP) is 3.45. The summed E-state index contributed by atoms with van der Waals surface area (Å²) in [5, 5.41) is 3.52. The molecule has 0 aromatic heterocycles. The van der Waals surface area contributed by atoms with Gasteiger partial charge >= 0.3 is 0 Å². The lowest BCUT2D eigenvalue weighted by atomic mass is 9.45. The van der Waals surface area contributed by atoms with Crippen molar-refractivity contribution in [2.24, 2.45) is 29.1 Å². The molecule has 3 atom stereocenters. The van der Waals surface area contributed by atoms with Crippen LogP contribution in [0.2, 0.25) is 0 Å². The molecule has 3 unspecified atom stereocenters. The molecule has 16 heavy (non-hydrogen) atoms. The van der Waals surface area contributed by atoms with E-state index in [1.54, 1.807) is 32.1 Å². The second-order valence-electron chi connectivity index (χ2n) is 6.98. The van der Waals surface area contributed by atoms with Crippen molar-refractivity contribution in [3.05, 3.63) is 0 Å². The summed E-state index contributed by atoms with van der Waals surface area (Å²) in [4.78, 5) is 0. The summed E-state index contributed by atoms with van der Waals surface area (Å²) >= 11 is 0. The lowest BCUT2D eigenvalue weighted by molar-refractivity contribution is -0.105. The van der Waals surface area contributed by atoms with E-state index in [1.807, 2.05) is 0 Å². The molecule has 0 amide bonds. The maximum Gasteiger partial charge on any atom is 0.00693 e. The van der Waals surface area contributed by atoms with Gasteiger partial charge in [0.2, 0.25) is 0 Å². The van der Waals surface area contributed by atoms with Crippen LogP contribution in [0, 0.1) is 29.1 Å². The Morgan fingerprint density at radius 3 is 2.31 bits per heavy atom. The average molecular weight is 221 g/mol. The van der Waals surface area contributed by atoms with Gasteiger partial charge in [-0.05, 0) is 75.2 Å². The van der Waals surface area contributed by atoms with Crippen LogP contribution in [-0.4, -0.2) is 13.1 Å². The zero-order valence-corrected chi connectivity index (χ0v) is 11.1. The molecule has 0 aliphatic heterocycles. The first-order valence-electron chi connectivity index (χ1n) is 7.35. The van der Waals surface area contributed by atoms with Crippen LogP contribution in [0.15, 0.2) is 0 Å². The van der Waals surface area contributed by atoms with Crippen molar-refractivity contribution in [2.75, 3.05) is 7.05 Å². The predicted molar refractivity (Wildman–Crippen MR) is 68.3 cm³/mol. The van der Waals surface area contributed by atoms with E-state index in [2.05, 4.69) is 26.2 Å². The van der Waals surface area contributed by atoms with Crippen molar-refractivity contribution >= 4 is 0 Å². The molecule has 0 aromatic carbocycles. The van der Waals surface area contributed by atoms with Crippen LogP contribution in [0.1, 0.15) is 52.4 Å². The first-order valence-corrected chi connectivity index (χ1v) is 7.35. The summed E-state index contributed by atoms with van der Waals surface area (Å²) < 4.78 is 0. The van der Waals surface area contributed by atoms with Crippen LogP contribution in [-0.2, 0) is 0 Å². The van der Waals surface area contributed by atoms with Crippen LogP contribution in [0.4, 0.5) is 0 Å². The molecular weight excluding hydrogens is 194 g/mol. The summed E-state index contributed by atoms with van der Waals surface area (Å²) in [6.07, 6.45) is 9.21. The molecule has 4 saturated carbocycles. The summed E-state index contributed by atoms with van der Waals surface area (Å²) in [5.74, 6) is 4.18. The van der Waals surface area contributed by atoms with Crippen LogP contribution >= 0.6 is 0 Å². The van der Waals surface area contributed by atoms with Gasteiger partial charge in [0.25, 0.3) is 0 Å². The molecule has 1 nitrogen and oxygen atoms in total. The standard InChI is InChI=1S/C15H27N/c1-4-15-7-11-5-12(8-15)14(10(2)16-3)13(6-11)9-15/h10-14,16H,4-9H2,1-3H3. The summed E-state index contributed by atoms with van der Waals surface area (Å²) in [7, 11) is 2.14. The van der Waals surface area contributed by atoms with E-state index in [-0.39, 0.29) is 0 Å². The van der Waals surface area contributed by atoms with Gasteiger partial charge in [0.1, 0.15) is 0 Å². The Morgan fingerprint density at radius 2 is 1.81 bits per heavy atom. The third-order valence-electron chi connectivity index (χ3n) is 6.26. The maximum atomic E-state index is 3.52. The van der Waals surface area contributed by atoms with E-state index in [1.165, 1.54) is 6.42 Å². The molecule has 1 N–H and O–H groups in total. The molecule has 0 heterocycles. The average Bonchev–Trinajstić information content (AvgIpc) is 2.27. The Morgan fingerprint density at radius 1 is 1.19 bits per heavy atom. The fourth-order valence-corrected chi connectivity index (χ4v) is 5.67. The van der Waals surface area contributed by atoms with Gasteiger partial charge in [0, 0.05) is 6.04 Å². The van der Waals surface area contributed by atoms with Crippen LogP contribution < -0.4 is 5.32 Å². The SMILES string of the molecule is CCC12CC3CC(C1)C(C(C)NC)C(C3)C2. The maximum absolute atomic E-state index is 3.52. The molecule has 4 bridgehead atoms. The molecule has 4 aliphatic carbocycles. The smallest absolute Gasteiger partial charge is 0.00693 e. The number of hydrogen-bond acceptors (Lipinski definition) is 1. The van der Waals surface area contributed by atoms with Crippen molar-refractivity contribution in [3.63, 3.8) is 0 Å². The lowest BCUT2D eigenvalue weighted by Gasteiger charge is -2.61. The zero-order valence-electron chi connectivity index (χ0n) is 11.1. The Kier molecular flexibility index (Phi) is 2.58. The summed E-state index contributed by atoms with van der Waals surface area (Å²) in [6.45, 7) is 4.84. The zero-order chi connectivity index (χ0) is 11.3. The Bertz CT molecular complexity index is 257. The quantitative estimate of drug-likeness (QED) is 0.769. The van der Waals surface area contributed by atoms with E-state index < -0.39 is 0 Å². The molecule has 4 fully saturated rings. The highest BCUT2D eigenvalue weighted by molar-refractivity contribution is 5.06. The van der Waals surface area contributed by atoms with Crippen molar-refractivity contribution in [2.45, 2.75) is 58.4 Å². The van der Waals surface area contributed by atoms with Gasteiger partial charge in [-0.25, -0.2) is 0 Å². The van der Waals surface area contributed by atoms with Gasteiger partial charge in [-0.1, -0.05) is 13.3 Å². The Hall–Kier alpha value is -0.0400. The Labute approximate surface area is 100 Å². The van der Waals surface area contributed by atoms with Crippen LogP contribution in [0.5, 0.6) is 0 Å². The largest absolute Gasteiger partial charge is 0.317 e. The Balaban J connectivity index is 1.84. The van der Waals surface area contributed by atoms with Crippen molar-refractivity contribution in [1.82, 2.24) is 5.32 Å². The highest BCUT2D eigenvalue weighted by Crippen LogP contribution is 2.63. The first kappa shape index (κ1) is 11.1. The molecule has 0 radical (unpaired) electrons. The molecule has 0 spiro atoms. The number of hydrogen-bond donors (Lipinski definition) is 1. The summed E-state index contributed by atoms with van der Waals surface area (Å²) in [5.41, 5.74) is 0.778. The monoisotopic (exact) mass is 221 g/mol.